The maximum absolute atomic E-state index is 13.8. The largest absolute Gasteiger partial charge is 0.497 e. The number of rotatable bonds is 11. The number of methoxy groups -OCH3 is 1. The van der Waals surface area contributed by atoms with Gasteiger partial charge in [-0.2, -0.15) is 0 Å². The first-order valence-corrected chi connectivity index (χ1v) is 15.8. The van der Waals surface area contributed by atoms with Gasteiger partial charge in [0.05, 0.1) is 7.11 Å². The monoisotopic (exact) mass is 561 g/mol. The summed E-state index contributed by atoms with van der Waals surface area (Å²) in [5, 5.41) is 3.22. The van der Waals surface area contributed by atoms with E-state index in [-0.39, 0.29) is 17.9 Å². The zero-order valence-corrected chi connectivity index (χ0v) is 24.9. The molecule has 2 aromatic rings. The van der Waals surface area contributed by atoms with E-state index >= 15 is 0 Å². The molecule has 1 spiro atoms. The van der Waals surface area contributed by atoms with Crippen molar-refractivity contribution in [2.24, 2.45) is 5.92 Å². The quantitative estimate of drug-likeness (QED) is 0.367. The van der Waals surface area contributed by atoms with Crippen LogP contribution in [-0.4, -0.2) is 66.5 Å². The highest BCUT2D eigenvalue weighted by molar-refractivity contribution is 6.00. The Morgan fingerprint density at radius 2 is 1.66 bits per heavy atom. The van der Waals surface area contributed by atoms with Gasteiger partial charge in [0.15, 0.2) is 0 Å². The fraction of sp³-hybridized carbons (Fsp3) is 0.588. The maximum atomic E-state index is 13.8. The van der Waals surface area contributed by atoms with Crippen molar-refractivity contribution >= 4 is 11.8 Å². The van der Waals surface area contributed by atoms with Crippen molar-refractivity contribution in [3.8, 4) is 17.2 Å². The Kier molecular flexibility index (Phi) is 9.86. The Labute approximate surface area is 245 Å². The Balaban J connectivity index is 1.17. The highest BCUT2D eigenvalue weighted by Gasteiger charge is 2.53. The van der Waals surface area contributed by atoms with Gasteiger partial charge in [0.25, 0.3) is 0 Å². The summed E-state index contributed by atoms with van der Waals surface area (Å²) in [5.74, 6) is 3.19. The van der Waals surface area contributed by atoms with E-state index in [4.69, 9.17) is 9.47 Å². The number of likely N-dealkylation sites (tertiary alicyclic amines) is 1. The van der Waals surface area contributed by atoms with Crippen LogP contribution in [0.2, 0.25) is 0 Å². The van der Waals surface area contributed by atoms with Crippen LogP contribution < -0.4 is 14.8 Å². The van der Waals surface area contributed by atoms with Crippen molar-refractivity contribution in [3.63, 3.8) is 0 Å². The lowest BCUT2D eigenvalue weighted by Gasteiger charge is -2.52. The minimum absolute atomic E-state index is 0.0806. The van der Waals surface area contributed by atoms with E-state index in [9.17, 15) is 9.59 Å². The summed E-state index contributed by atoms with van der Waals surface area (Å²) in [6.45, 7) is 5.39. The van der Waals surface area contributed by atoms with E-state index in [1.54, 1.807) is 7.11 Å². The third-order valence-electron chi connectivity index (χ3n) is 9.43. The molecule has 2 aromatic carbocycles. The lowest BCUT2D eigenvalue weighted by Crippen LogP contribution is -2.73. The molecule has 1 aliphatic carbocycles. The molecule has 2 amide bonds. The molecule has 3 fully saturated rings. The minimum Gasteiger partial charge on any atom is -0.497 e. The van der Waals surface area contributed by atoms with Crippen molar-refractivity contribution in [3.05, 3.63) is 54.1 Å². The zero-order chi connectivity index (χ0) is 28.7. The summed E-state index contributed by atoms with van der Waals surface area (Å²) in [6.07, 6.45) is 11.2. The third kappa shape index (κ3) is 7.06. The molecular formula is C34H47N3O4. The van der Waals surface area contributed by atoms with E-state index in [0.29, 0.717) is 25.3 Å². The van der Waals surface area contributed by atoms with Crippen LogP contribution in [0.15, 0.2) is 48.5 Å². The summed E-state index contributed by atoms with van der Waals surface area (Å²) in [6, 6.07) is 15.5. The number of ether oxygens (including phenoxy) is 2. The van der Waals surface area contributed by atoms with Gasteiger partial charge >= 0.3 is 0 Å². The summed E-state index contributed by atoms with van der Waals surface area (Å²) in [4.78, 5) is 31.9. The second kappa shape index (κ2) is 13.7. The molecule has 1 N–H and O–H groups in total. The summed E-state index contributed by atoms with van der Waals surface area (Å²) in [7, 11) is 1.65. The first kappa shape index (κ1) is 29.4. The van der Waals surface area contributed by atoms with Crippen LogP contribution in [0.1, 0.15) is 76.7 Å². The topological polar surface area (TPSA) is 71.1 Å². The number of unbranched alkanes of at least 4 members (excludes halogenated alkanes) is 1. The van der Waals surface area contributed by atoms with Crippen LogP contribution in [0.4, 0.5) is 0 Å². The number of piperidine rings is 1. The van der Waals surface area contributed by atoms with Crippen molar-refractivity contribution in [1.82, 2.24) is 15.1 Å². The van der Waals surface area contributed by atoms with Gasteiger partial charge in [-0.1, -0.05) is 57.6 Å². The lowest BCUT2D eigenvalue weighted by molar-refractivity contribution is -0.161. The third-order valence-corrected chi connectivity index (χ3v) is 9.43. The van der Waals surface area contributed by atoms with Crippen molar-refractivity contribution in [2.45, 2.75) is 89.1 Å². The molecule has 0 bridgehead atoms. The average Bonchev–Trinajstić information content (AvgIpc) is 3.01. The van der Waals surface area contributed by atoms with Gasteiger partial charge in [0, 0.05) is 26.2 Å². The van der Waals surface area contributed by atoms with Crippen molar-refractivity contribution in [1.29, 1.82) is 0 Å². The highest BCUT2D eigenvalue weighted by Crippen LogP contribution is 2.36. The van der Waals surface area contributed by atoms with Crippen LogP contribution in [0.25, 0.3) is 0 Å². The molecule has 0 radical (unpaired) electrons. The molecule has 222 valence electrons. The van der Waals surface area contributed by atoms with Gasteiger partial charge in [-0.15, -0.1) is 0 Å². The van der Waals surface area contributed by atoms with Crippen LogP contribution in [0.3, 0.4) is 0 Å². The van der Waals surface area contributed by atoms with Crippen LogP contribution >= 0.6 is 0 Å². The first-order valence-electron chi connectivity index (χ1n) is 15.8. The number of carbonyl (C=O) groups excluding carboxylic acids is 2. The number of carbonyl (C=O) groups is 2. The van der Waals surface area contributed by atoms with E-state index in [0.717, 1.165) is 62.6 Å². The van der Waals surface area contributed by atoms with E-state index in [1.165, 1.54) is 37.7 Å². The van der Waals surface area contributed by atoms with Gasteiger partial charge < -0.3 is 24.6 Å². The van der Waals surface area contributed by atoms with Crippen LogP contribution in [-0.2, 0) is 16.0 Å². The molecule has 3 aliphatic rings. The predicted molar refractivity (Wildman–Crippen MR) is 161 cm³/mol. The van der Waals surface area contributed by atoms with Gasteiger partial charge in [-0.3, -0.25) is 9.59 Å². The second-order valence-electron chi connectivity index (χ2n) is 12.2. The molecule has 2 heterocycles. The van der Waals surface area contributed by atoms with Gasteiger partial charge in [-0.05, 0) is 80.0 Å². The Bertz CT molecular complexity index is 1150. The normalized spacial score (nSPS) is 21.6. The molecule has 7 heteroatoms. The average molecular weight is 562 g/mol. The van der Waals surface area contributed by atoms with E-state index in [1.807, 2.05) is 41.3 Å². The van der Waals surface area contributed by atoms with E-state index in [2.05, 4.69) is 29.3 Å². The van der Waals surface area contributed by atoms with Crippen molar-refractivity contribution in [2.75, 3.05) is 33.3 Å². The number of hydrogen-bond donors (Lipinski definition) is 1. The lowest BCUT2D eigenvalue weighted by atomic mass is 9.79. The molecule has 41 heavy (non-hydrogen) atoms. The Morgan fingerprint density at radius 1 is 0.927 bits per heavy atom. The molecule has 0 unspecified atom stereocenters. The molecular weight excluding hydrogens is 514 g/mol. The molecule has 1 atom stereocenters. The Hall–Kier alpha value is -3.06. The highest BCUT2D eigenvalue weighted by atomic mass is 16.5. The van der Waals surface area contributed by atoms with Gasteiger partial charge in [-0.25, -0.2) is 0 Å². The summed E-state index contributed by atoms with van der Waals surface area (Å²) >= 11 is 0. The second-order valence-corrected chi connectivity index (χ2v) is 12.2. The summed E-state index contributed by atoms with van der Waals surface area (Å²) < 4.78 is 11.3. The standard InChI is InChI=1S/C34H47N3O4/c1-3-4-20-37-32(38)31(25-26-9-6-5-7-10-26)35-33(39)34(37)18-22-36(23-19-34)21-17-27-11-8-12-30(24-27)41-29-15-13-28(40-2)14-16-29/h8,11-16,24,26,31H,3-7,9-10,17-23,25H2,1-2H3,(H,35,39)/t31-/m0/s1. The fourth-order valence-corrected chi connectivity index (χ4v) is 6.91. The number of hydrogen-bond acceptors (Lipinski definition) is 5. The molecule has 2 aliphatic heterocycles. The molecule has 2 saturated heterocycles. The Morgan fingerprint density at radius 3 is 2.37 bits per heavy atom. The van der Waals surface area contributed by atoms with E-state index < -0.39 is 5.54 Å². The molecule has 1 saturated carbocycles. The molecule has 0 aromatic heterocycles. The maximum Gasteiger partial charge on any atom is 0.246 e. The number of benzene rings is 2. The van der Waals surface area contributed by atoms with Crippen molar-refractivity contribution < 1.29 is 19.1 Å². The minimum atomic E-state index is -0.696. The number of piperazine rings is 1. The fourth-order valence-electron chi connectivity index (χ4n) is 6.91. The SMILES string of the molecule is CCCCN1C(=O)[C@H](CC2CCCCC2)NC(=O)C12CCN(CCc1cccc(Oc3ccc(OC)cc3)c1)CC2. The summed E-state index contributed by atoms with van der Waals surface area (Å²) in [5.41, 5.74) is 0.523. The molecule has 5 rings (SSSR count). The first-order chi connectivity index (χ1) is 20.0. The molecule has 7 nitrogen and oxygen atoms in total. The number of nitrogens with zero attached hydrogens (tertiary/aromatic N) is 2. The smallest absolute Gasteiger partial charge is 0.246 e. The van der Waals surface area contributed by atoms with Crippen LogP contribution in [0.5, 0.6) is 17.2 Å². The van der Waals surface area contributed by atoms with Gasteiger partial charge in [0.2, 0.25) is 11.8 Å². The zero-order valence-electron chi connectivity index (χ0n) is 24.9. The predicted octanol–water partition coefficient (Wildman–Crippen LogP) is 5.96. The van der Waals surface area contributed by atoms with Gasteiger partial charge in [0.1, 0.15) is 28.8 Å². The number of amides is 2. The number of nitrogens with one attached hydrogen (secondary N) is 1. The van der Waals surface area contributed by atoms with Crippen LogP contribution in [0, 0.1) is 5.92 Å².